The Morgan fingerprint density at radius 3 is 2.17 bits per heavy atom. The van der Waals surface area contributed by atoms with Gasteiger partial charge in [-0.05, 0) is 0 Å². The van der Waals surface area contributed by atoms with Gasteiger partial charge in [0, 0.05) is 0 Å². The van der Waals surface area contributed by atoms with Crippen LogP contribution in [0.2, 0.25) is 8.87 Å². The Hall–Kier alpha value is 0.759. The molecule has 0 rings (SSSR count). The second-order valence-electron chi connectivity index (χ2n) is 3.24. The molecule has 0 amide bonds. The Bertz CT molecular complexity index is 77.9. The molecule has 0 aromatic carbocycles. The molecule has 0 saturated heterocycles. The van der Waals surface area contributed by atoms with E-state index in [-0.39, 0.29) is 0 Å². The standard InChI is InChI=1S/C4H9.C3H7O.C3H7.Sn/c1-3-4-2;1-2-3-4;1-3-2;/h1,3-4H2,2H3;2-3H2,1H3;1,3H2,2H3;/q;-1;;+1. The molecule has 0 aliphatic heterocycles. The molecule has 0 unspecified atom stereocenters. The summed E-state index contributed by atoms with van der Waals surface area (Å²) in [7, 11) is 0. The Kier molecular flexibility index (Phi) is 10.5. The SMILES string of the molecule is CCC[CH2][Sn]([CH2]CC)[O]CCC. The molecule has 0 aromatic rings. The summed E-state index contributed by atoms with van der Waals surface area (Å²) < 4.78 is 8.81. The second-order valence-corrected chi connectivity index (χ2v) is 9.99. The minimum absolute atomic E-state index is 1.03. The molecule has 12 heavy (non-hydrogen) atoms. The fraction of sp³-hybridized carbons (Fsp3) is 1.00. The van der Waals surface area contributed by atoms with Gasteiger partial charge in [-0.2, -0.15) is 0 Å². The molecule has 0 spiro atoms. The van der Waals surface area contributed by atoms with Gasteiger partial charge in [0.05, 0.1) is 0 Å². The van der Waals surface area contributed by atoms with Gasteiger partial charge in [0.25, 0.3) is 0 Å². The predicted octanol–water partition coefficient (Wildman–Crippen LogP) is 3.61. The maximum absolute atomic E-state index is 5.93. The molecule has 0 aliphatic carbocycles. The van der Waals surface area contributed by atoms with Crippen molar-refractivity contribution in [3.63, 3.8) is 0 Å². The van der Waals surface area contributed by atoms with Crippen LogP contribution in [0.3, 0.4) is 0 Å². The van der Waals surface area contributed by atoms with E-state index < -0.39 is 20.2 Å². The van der Waals surface area contributed by atoms with Gasteiger partial charge < -0.3 is 0 Å². The number of hydrogen-bond acceptors (Lipinski definition) is 1. The van der Waals surface area contributed by atoms with Crippen LogP contribution < -0.4 is 0 Å². The van der Waals surface area contributed by atoms with E-state index >= 15 is 0 Å². The van der Waals surface area contributed by atoms with Crippen LogP contribution in [0.4, 0.5) is 0 Å². The summed E-state index contributed by atoms with van der Waals surface area (Å²) in [4.78, 5) is 0. The number of unbranched alkanes of at least 4 members (excludes halogenated alkanes) is 1. The van der Waals surface area contributed by atoms with E-state index in [9.17, 15) is 0 Å². The molecule has 1 nitrogen and oxygen atoms in total. The van der Waals surface area contributed by atoms with E-state index in [1.807, 2.05) is 0 Å². The van der Waals surface area contributed by atoms with Crippen molar-refractivity contribution >= 4 is 20.2 Å². The summed E-state index contributed by atoms with van der Waals surface area (Å²) in [5.74, 6) is 0. The van der Waals surface area contributed by atoms with Crippen LogP contribution in [0.15, 0.2) is 0 Å². The van der Waals surface area contributed by atoms with Crippen LogP contribution in [0, 0.1) is 0 Å². The van der Waals surface area contributed by atoms with Gasteiger partial charge in [-0.1, -0.05) is 0 Å². The van der Waals surface area contributed by atoms with Gasteiger partial charge in [-0.3, -0.25) is 0 Å². The molecule has 0 atom stereocenters. The number of rotatable bonds is 8. The Balaban J connectivity index is 3.40. The van der Waals surface area contributed by atoms with Crippen molar-refractivity contribution in [2.24, 2.45) is 0 Å². The fourth-order valence-electron chi connectivity index (χ4n) is 1.17. The summed E-state index contributed by atoms with van der Waals surface area (Å²) >= 11 is -1.31. The Morgan fingerprint density at radius 1 is 0.917 bits per heavy atom. The molecule has 0 N–H and O–H groups in total. The molecule has 73 valence electrons. The zero-order chi connectivity index (χ0) is 9.23. The molecule has 1 radical (unpaired) electrons. The predicted molar refractivity (Wildman–Crippen MR) is 56.8 cm³/mol. The van der Waals surface area contributed by atoms with E-state index in [1.165, 1.54) is 34.6 Å². The fourth-order valence-corrected chi connectivity index (χ4v) is 7.84. The van der Waals surface area contributed by atoms with Gasteiger partial charge >= 0.3 is 85.2 Å². The molecule has 0 heterocycles. The molecule has 0 aromatic heterocycles. The zero-order valence-electron chi connectivity index (χ0n) is 8.86. The van der Waals surface area contributed by atoms with Crippen molar-refractivity contribution in [1.82, 2.24) is 0 Å². The van der Waals surface area contributed by atoms with Gasteiger partial charge in [0.15, 0.2) is 0 Å². The zero-order valence-corrected chi connectivity index (χ0v) is 11.7. The molecular formula is C10H23OSn. The quantitative estimate of drug-likeness (QED) is 0.616. The van der Waals surface area contributed by atoms with Crippen LogP contribution in [-0.4, -0.2) is 26.8 Å². The van der Waals surface area contributed by atoms with Gasteiger partial charge in [-0.15, -0.1) is 0 Å². The van der Waals surface area contributed by atoms with Crippen molar-refractivity contribution < 1.29 is 3.07 Å². The summed E-state index contributed by atoms with van der Waals surface area (Å²) in [6.45, 7) is 7.78. The van der Waals surface area contributed by atoms with Crippen molar-refractivity contribution in [2.45, 2.75) is 55.3 Å². The van der Waals surface area contributed by atoms with Crippen molar-refractivity contribution in [1.29, 1.82) is 0 Å². The van der Waals surface area contributed by atoms with E-state index in [0.717, 1.165) is 6.61 Å². The third-order valence-corrected chi connectivity index (χ3v) is 9.22. The van der Waals surface area contributed by atoms with Crippen LogP contribution >= 0.6 is 0 Å². The first-order chi connectivity index (χ1) is 5.85. The normalized spacial score (nSPS) is 11.0. The summed E-state index contributed by atoms with van der Waals surface area (Å²) in [5.41, 5.74) is 0. The van der Waals surface area contributed by atoms with E-state index in [0.29, 0.717) is 0 Å². The molecule has 0 aliphatic rings. The third kappa shape index (κ3) is 7.41. The van der Waals surface area contributed by atoms with Crippen LogP contribution in [-0.2, 0) is 3.07 Å². The van der Waals surface area contributed by atoms with Crippen LogP contribution in [0.5, 0.6) is 0 Å². The first kappa shape index (κ1) is 12.8. The minimum atomic E-state index is -1.31. The van der Waals surface area contributed by atoms with E-state index in [4.69, 9.17) is 3.07 Å². The second kappa shape index (κ2) is 9.84. The topological polar surface area (TPSA) is 9.23 Å². The van der Waals surface area contributed by atoms with E-state index in [2.05, 4.69) is 20.8 Å². The van der Waals surface area contributed by atoms with Crippen LogP contribution in [0.1, 0.15) is 46.5 Å². The maximum atomic E-state index is 5.93. The first-order valence-electron chi connectivity index (χ1n) is 5.32. The molecular weight excluding hydrogens is 255 g/mol. The summed E-state index contributed by atoms with van der Waals surface area (Å²) in [6.07, 6.45) is 5.27. The summed E-state index contributed by atoms with van der Waals surface area (Å²) in [5, 5.41) is 0. The monoisotopic (exact) mass is 279 g/mol. The van der Waals surface area contributed by atoms with Crippen LogP contribution in [0.25, 0.3) is 0 Å². The third-order valence-electron chi connectivity index (χ3n) is 1.85. The molecule has 2 heteroatoms. The van der Waals surface area contributed by atoms with E-state index in [1.54, 1.807) is 0 Å². The van der Waals surface area contributed by atoms with Gasteiger partial charge in [0.1, 0.15) is 0 Å². The summed E-state index contributed by atoms with van der Waals surface area (Å²) in [6, 6.07) is 0. The average Bonchev–Trinajstić information content (AvgIpc) is 2.10. The van der Waals surface area contributed by atoms with Crippen molar-refractivity contribution in [3.8, 4) is 0 Å². The molecule has 0 bridgehead atoms. The van der Waals surface area contributed by atoms with Gasteiger partial charge in [0.2, 0.25) is 0 Å². The Labute approximate surface area is 85.2 Å². The Morgan fingerprint density at radius 2 is 1.67 bits per heavy atom. The van der Waals surface area contributed by atoms with Crippen molar-refractivity contribution in [2.75, 3.05) is 6.61 Å². The van der Waals surface area contributed by atoms with Crippen molar-refractivity contribution in [3.05, 3.63) is 0 Å². The first-order valence-corrected chi connectivity index (χ1v) is 10.5. The molecule has 0 fully saturated rings. The van der Waals surface area contributed by atoms with Gasteiger partial charge in [-0.25, -0.2) is 0 Å². The number of hydrogen-bond donors (Lipinski definition) is 0. The average molecular weight is 278 g/mol. The molecule has 0 saturated carbocycles.